The van der Waals surface area contributed by atoms with Gasteiger partial charge in [-0.25, -0.2) is 8.42 Å². The van der Waals surface area contributed by atoms with Crippen molar-refractivity contribution < 1.29 is 22.7 Å². The van der Waals surface area contributed by atoms with Crippen LogP contribution < -0.4 is 14.4 Å². The Hall–Kier alpha value is -3.27. The summed E-state index contributed by atoms with van der Waals surface area (Å²) in [5, 5.41) is 3.79. The van der Waals surface area contributed by atoms with Crippen molar-refractivity contribution in [2.24, 2.45) is 0 Å². The molecule has 0 aliphatic carbocycles. The van der Waals surface area contributed by atoms with Crippen LogP contribution in [0.3, 0.4) is 0 Å². The number of ether oxygens (including phenoxy) is 1. The molecular formula is C32H39Cl2N3O5S. The largest absolute Gasteiger partial charge is 0.492 e. The summed E-state index contributed by atoms with van der Waals surface area (Å²) in [7, 11) is -3.68. The monoisotopic (exact) mass is 647 g/mol. The van der Waals surface area contributed by atoms with Crippen molar-refractivity contribution in [2.45, 2.75) is 58.7 Å². The van der Waals surface area contributed by atoms with Gasteiger partial charge in [0, 0.05) is 42.0 Å². The lowest BCUT2D eigenvalue weighted by molar-refractivity contribution is -0.141. The Balaban J connectivity index is 1.92. The van der Waals surface area contributed by atoms with Crippen LogP contribution in [-0.2, 0) is 32.6 Å². The van der Waals surface area contributed by atoms with E-state index in [1.54, 1.807) is 42.5 Å². The smallest absolute Gasteiger partial charge is 0.243 e. The van der Waals surface area contributed by atoms with Crippen LogP contribution in [0.25, 0.3) is 0 Å². The lowest BCUT2D eigenvalue weighted by atomic mass is 10.0. The van der Waals surface area contributed by atoms with E-state index in [4.69, 9.17) is 27.9 Å². The molecule has 0 aliphatic rings. The van der Waals surface area contributed by atoms with E-state index in [1.807, 2.05) is 51.1 Å². The summed E-state index contributed by atoms with van der Waals surface area (Å²) in [6, 6.07) is 20.4. The third kappa shape index (κ3) is 10.2. The molecule has 232 valence electrons. The molecule has 2 amide bonds. The Morgan fingerprint density at radius 1 is 0.977 bits per heavy atom. The van der Waals surface area contributed by atoms with E-state index in [0.717, 1.165) is 11.8 Å². The number of nitrogens with zero attached hydrogens (tertiary/aromatic N) is 2. The molecule has 0 heterocycles. The first-order chi connectivity index (χ1) is 20.4. The number of hydrogen-bond donors (Lipinski definition) is 1. The van der Waals surface area contributed by atoms with Crippen molar-refractivity contribution in [2.75, 3.05) is 23.7 Å². The van der Waals surface area contributed by atoms with E-state index in [0.29, 0.717) is 33.7 Å². The maximum Gasteiger partial charge on any atom is 0.243 e. The number of halogens is 2. The molecule has 0 aliphatic heterocycles. The molecule has 11 heteroatoms. The van der Waals surface area contributed by atoms with Gasteiger partial charge in [0.1, 0.15) is 11.8 Å². The number of nitrogens with one attached hydrogen (secondary N) is 1. The number of amides is 2. The number of benzene rings is 3. The van der Waals surface area contributed by atoms with Crippen LogP contribution in [0.4, 0.5) is 5.69 Å². The Bertz CT molecular complexity index is 1490. The molecule has 0 bridgehead atoms. The molecule has 43 heavy (non-hydrogen) atoms. The van der Waals surface area contributed by atoms with E-state index in [-0.39, 0.29) is 50.2 Å². The molecule has 0 radical (unpaired) electrons. The van der Waals surface area contributed by atoms with E-state index in [2.05, 4.69) is 5.32 Å². The SMILES string of the molecule is CCOc1ccccc1N(CCCC(=O)N(Cc1ccc(Cl)cc1Cl)C(Cc1ccccc1)C(=O)NC(C)C)S(C)(=O)=O. The Kier molecular flexibility index (Phi) is 12.7. The van der Waals surface area contributed by atoms with Crippen LogP contribution in [0, 0.1) is 0 Å². The van der Waals surface area contributed by atoms with E-state index in [9.17, 15) is 18.0 Å². The average molecular weight is 649 g/mol. The van der Waals surface area contributed by atoms with Crippen LogP contribution >= 0.6 is 23.2 Å². The van der Waals surface area contributed by atoms with Crippen molar-refractivity contribution in [3.63, 3.8) is 0 Å². The summed E-state index contributed by atoms with van der Waals surface area (Å²) in [6.07, 6.45) is 1.61. The molecule has 0 spiro atoms. The molecule has 0 saturated heterocycles. The minimum Gasteiger partial charge on any atom is -0.492 e. The fraction of sp³-hybridized carbons (Fsp3) is 0.375. The highest BCUT2D eigenvalue weighted by Crippen LogP contribution is 2.30. The minimum absolute atomic E-state index is 0.00568. The fourth-order valence-electron chi connectivity index (χ4n) is 4.69. The van der Waals surface area contributed by atoms with Crippen LogP contribution in [0.2, 0.25) is 10.0 Å². The Labute approximate surface area is 265 Å². The van der Waals surface area contributed by atoms with Gasteiger partial charge in [0.15, 0.2) is 0 Å². The summed E-state index contributed by atoms with van der Waals surface area (Å²) < 4.78 is 32.5. The van der Waals surface area contributed by atoms with Gasteiger partial charge in [-0.05, 0) is 62.6 Å². The normalized spacial score (nSPS) is 12.1. The van der Waals surface area contributed by atoms with Gasteiger partial charge in [0.25, 0.3) is 0 Å². The highest BCUT2D eigenvalue weighted by molar-refractivity contribution is 7.92. The quantitative estimate of drug-likeness (QED) is 0.215. The molecule has 3 aromatic carbocycles. The number of carbonyl (C=O) groups excluding carboxylic acids is 2. The van der Waals surface area contributed by atoms with Gasteiger partial charge in [-0.3, -0.25) is 13.9 Å². The summed E-state index contributed by atoms with van der Waals surface area (Å²) in [6.45, 7) is 6.03. The lowest BCUT2D eigenvalue weighted by Gasteiger charge is -2.32. The number of rotatable bonds is 15. The first-order valence-corrected chi connectivity index (χ1v) is 16.8. The second kappa shape index (κ2) is 16.0. The standard InChI is InChI=1S/C32H39Cl2N3O5S/c1-5-42-30-15-10-9-14-28(30)37(43(4,40)41)19-11-16-31(38)36(22-25-17-18-26(33)21-27(25)34)29(32(39)35-23(2)3)20-24-12-7-6-8-13-24/h6-10,12-15,17-18,21,23,29H,5,11,16,19-20,22H2,1-4H3,(H,35,39). The average Bonchev–Trinajstić information content (AvgIpc) is 2.94. The van der Waals surface area contributed by atoms with Gasteiger partial charge < -0.3 is 15.0 Å². The number of para-hydroxylation sites is 2. The van der Waals surface area contributed by atoms with Crippen molar-refractivity contribution in [1.29, 1.82) is 0 Å². The maximum atomic E-state index is 14.0. The predicted octanol–water partition coefficient (Wildman–Crippen LogP) is 6.10. The van der Waals surface area contributed by atoms with Crippen LogP contribution in [0.1, 0.15) is 44.7 Å². The van der Waals surface area contributed by atoms with Crippen molar-refractivity contribution in [3.8, 4) is 5.75 Å². The second-order valence-electron chi connectivity index (χ2n) is 10.5. The highest BCUT2D eigenvalue weighted by atomic mass is 35.5. The van der Waals surface area contributed by atoms with Crippen LogP contribution in [-0.4, -0.2) is 56.6 Å². The van der Waals surface area contributed by atoms with Crippen LogP contribution in [0.15, 0.2) is 72.8 Å². The van der Waals surface area contributed by atoms with Crippen molar-refractivity contribution >= 4 is 50.7 Å². The summed E-state index contributed by atoms with van der Waals surface area (Å²) in [5.41, 5.74) is 1.93. The highest BCUT2D eigenvalue weighted by Gasteiger charge is 2.31. The number of carbonyl (C=O) groups is 2. The van der Waals surface area contributed by atoms with Crippen LogP contribution in [0.5, 0.6) is 5.75 Å². The zero-order chi connectivity index (χ0) is 31.6. The van der Waals surface area contributed by atoms with Gasteiger partial charge >= 0.3 is 0 Å². The Morgan fingerprint density at radius 2 is 1.65 bits per heavy atom. The van der Waals surface area contributed by atoms with Crippen molar-refractivity contribution in [3.05, 3.63) is 94.0 Å². The van der Waals surface area contributed by atoms with E-state index in [1.165, 1.54) is 9.21 Å². The molecule has 1 unspecified atom stereocenters. The Morgan fingerprint density at radius 3 is 2.28 bits per heavy atom. The number of sulfonamides is 1. The second-order valence-corrected chi connectivity index (χ2v) is 13.2. The first-order valence-electron chi connectivity index (χ1n) is 14.2. The summed E-state index contributed by atoms with van der Waals surface area (Å²) in [5.74, 6) is -0.160. The summed E-state index contributed by atoms with van der Waals surface area (Å²) >= 11 is 12.6. The molecule has 3 rings (SSSR count). The summed E-state index contributed by atoms with van der Waals surface area (Å²) in [4.78, 5) is 29.1. The molecule has 1 N–H and O–H groups in total. The number of hydrogen-bond acceptors (Lipinski definition) is 5. The van der Waals surface area contributed by atoms with Gasteiger partial charge in [-0.15, -0.1) is 0 Å². The lowest BCUT2D eigenvalue weighted by Crippen LogP contribution is -2.51. The topological polar surface area (TPSA) is 96.0 Å². The first kappa shape index (κ1) is 34.2. The molecule has 0 aromatic heterocycles. The molecule has 0 saturated carbocycles. The van der Waals surface area contributed by atoms with Gasteiger partial charge in [0.05, 0.1) is 18.6 Å². The minimum atomic E-state index is -3.68. The molecule has 0 fully saturated rings. The van der Waals surface area contributed by atoms with E-state index >= 15 is 0 Å². The van der Waals surface area contributed by atoms with Gasteiger partial charge in [-0.2, -0.15) is 0 Å². The zero-order valence-electron chi connectivity index (χ0n) is 24.9. The molecular weight excluding hydrogens is 609 g/mol. The number of anilines is 1. The van der Waals surface area contributed by atoms with Gasteiger partial charge in [0.2, 0.25) is 21.8 Å². The zero-order valence-corrected chi connectivity index (χ0v) is 27.3. The maximum absolute atomic E-state index is 14.0. The third-order valence-electron chi connectivity index (χ3n) is 6.64. The molecule has 1 atom stereocenters. The molecule has 3 aromatic rings. The van der Waals surface area contributed by atoms with Crippen molar-refractivity contribution in [1.82, 2.24) is 10.2 Å². The third-order valence-corrected chi connectivity index (χ3v) is 8.41. The predicted molar refractivity (Wildman–Crippen MR) is 173 cm³/mol. The fourth-order valence-corrected chi connectivity index (χ4v) is 6.13. The van der Waals surface area contributed by atoms with E-state index < -0.39 is 16.1 Å². The molecule has 8 nitrogen and oxygen atoms in total. The van der Waals surface area contributed by atoms with Gasteiger partial charge in [-0.1, -0.05) is 71.7 Å².